The van der Waals surface area contributed by atoms with Crippen molar-refractivity contribution in [2.24, 2.45) is 0 Å². The molecule has 0 unspecified atom stereocenters. The Balaban J connectivity index is 2.55. The van der Waals surface area contributed by atoms with Crippen LogP contribution in [0.3, 0.4) is 0 Å². The first kappa shape index (κ1) is 10.4. The van der Waals surface area contributed by atoms with Crippen molar-refractivity contribution in [1.82, 2.24) is 15.0 Å². The number of benzene rings is 1. The third-order valence-electron chi connectivity index (χ3n) is 2.96. The predicted molar refractivity (Wildman–Crippen MR) is 68.7 cm³/mol. The zero-order valence-electron chi connectivity index (χ0n) is 9.39. The Labute approximate surface area is 102 Å². The van der Waals surface area contributed by atoms with Gasteiger partial charge in [0.2, 0.25) is 0 Å². The fraction of sp³-hybridized carbons (Fsp3) is 0.167. The average molecular weight is 248 g/mol. The van der Waals surface area contributed by atoms with Gasteiger partial charge >= 0.3 is 5.69 Å². The lowest BCUT2D eigenvalue weighted by Gasteiger charge is -2.07. The number of aryl methyl sites for hydroxylation is 2. The van der Waals surface area contributed by atoms with Crippen LogP contribution in [-0.4, -0.2) is 15.0 Å². The van der Waals surface area contributed by atoms with Gasteiger partial charge < -0.3 is 4.98 Å². The monoisotopic (exact) mass is 247 g/mol. The number of imidazole rings is 1. The highest BCUT2D eigenvalue weighted by Gasteiger charge is 2.09. The molecule has 0 fully saturated rings. The highest BCUT2D eigenvalue weighted by molar-refractivity contribution is 6.33. The van der Waals surface area contributed by atoms with E-state index in [2.05, 4.69) is 15.0 Å². The van der Waals surface area contributed by atoms with Gasteiger partial charge in [-0.1, -0.05) is 11.6 Å². The van der Waals surface area contributed by atoms with Crippen molar-refractivity contribution in [2.75, 3.05) is 0 Å². The first-order valence-corrected chi connectivity index (χ1v) is 5.62. The zero-order valence-corrected chi connectivity index (χ0v) is 10.1. The third kappa shape index (κ3) is 1.45. The minimum absolute atomic E-state index is 0.247. The van der Waals surface area contributed by atoms with E-state index in [4.69, 9.17) is 11.6 Å². The fourth-order valence-electron chi connectivity index (χ4n) is 2.07. The van der Waals surface area contributed by atoms with E-state index < -0.39 is 0 Å². The Morgan fingerprint density at radius 3 is 2.76 bits per heavy atom. The Kier molecular flexibility index (Phi) is 2.03. The molecule has 0 atom stereocenters. The van der Waals surface area contributed by atoms with E-state index in [1.54, 1.807) is 0 Å². The molecule has 86 valence electrons. The van der Waals surface area contributed by atoms with Gasteiger partial charge in [-0.25, -0.2) is 9.78 Å². The summed E-state index contributed by atoms with van der Waals surface area (Å²) in [4.78, 5) is 21.0. The number of pyridine rings is 1. The summed E-state index contributed by atoms with van der Waals surface area (Å²) in [5.41, 5.74) is 3.84. The molecule has 2 N–H and O–H groups in total. The van der Waals surface area contributed by atoms with Crippen LogP contribution in [0.4, 0.5) is 0 Å². The van der Waals surface area contributed by atoms with Crippen molar-refractivity contribution in [3.05, 3.63) is 38.8 Å². The largest absolute Gasteiger partial charge is 0.325 e. The summed E-state index contributed by atoms with van der Waals surface area (Å²) in [6, 6.07) is 3.83. The van der Waals surface area contributed by atoms with Gasteiger partial charge in [0.25, 0.3) is 0 Å². The Bertz CT molecular complexity index is 801. The van der Waals surface area contributed by atoms with Crippen molar-refractivity contribution in [3.63, 3.8) is 0 Å². The van der Waals surface area contributed by atoms with Crippen molar-refractivity contribution in [1.29, 1.82) is 0 Å². The van der Waals surface area contributed by atoms with Gasteiger partial charge in [-0.3, -0.25) is 4.98 Å². The molecule has 0 bridgehead atoms. The summed E-state index contributed by atoms with van der Waals surface area (Å²) in [5.74, 6) is 0. The van der Waals surface area contributed by atoms with Crippen molar-refractivity contribution in [3.8, 4) is 0 Å². The molecule has 4 nitrogen and oxygen atoms in total. The summed E-state index contributed by atoms with van der Waals surface area (Å²) < 4.78 is 0. The molecular formula is C12H10ClN3O. The molecule has 0 aliphatic heterocycles. The third-order valence-corrected chi connectivity index (χ3v) is 3.55. The number of aromatic amines is 2. The fourth-order valence-corrected chi connectivity index (χ4v) is 2.23. The minimum Gasteiger partial charge on any atom is -0.304 e. The van der Waals surface area contributed by atoms with Crippen LogP contribution in [0.1, 0.15) is 11.1 Å². The van der Waals surface area contributed by atoms with E-state index in [-0.39, 0.29) is 5.69 Å². The first-order chi connectivity index (χ1) is 8.06. The van der Waals surface area contributed by atoms with E-state index in [0.29, 0.717) is 11.2 Å². The van der Waals surface area contributed by atoms with E-state index in [9.17, 15) is 4.79 Å². The maximum atomic E-state index is 11.2. The summed E-state index contributed by atoms with van der Waals surface area (Å²) in [6.45, 7) is 3.90. The number of hydrogen-bond donors (Lipinski definition) is 2. The van der Waals surface area contributed by atoms with Gasteiger partial charge in [0.1, 0.15) is 0 Å². The molecule has 3 rings (SSSR count). The maximum Gasteiger partial charge on any atom is 0.325 e. The van der Waals surface area contributed by atoms with Crippen LogP contribution in [0.5, 0.6) is 0 Å². The highest BCUT2D eigenvalue weighted by Crippen LogP contribution is 2.29. The molecular weight excluding hydrogens is 238 g/mol. The molecule has 0 amide bonds. The van der Waals surface area contributed by atoms with Gasteiger partial charge in [-0.2, -0.15) is 0 Å². The summed E-state index contributed by atoms with van der Waals surface area (Å²) in [6.07, 6.45) is 0. The number of halogens is 1. The molecule has 3 aromatic rings. The molecule has 0 spiro atoms. The summed E-state index contributed by atoms with van der Waals surface area (Å²) in [7, 11) is 0. The van der Waals surface area contributed by atoms with Gasteiger partial charge in [0.05, 0.1) is 11.0 Å². The Hall–Kier alpha value is -1.81. The van der Waals surface area contributed by atoms with Crippen molar-refractivity contribution >= 4 is 33.7 Å². The number of rotatable bonds is 0. The number of nitrogens with one attached hydrogen (secondary N) is 2. The highest BCUT2D eigenvalue weighted by atomic mass is 35.5. The second-order valence-electron chi connectivity index (χ2n) is 4.16. The molecule has 0 aliphatic carbocycles. The SMILES string of the molecule is Cc1cc2nc3[nH]c(=O)[nH]c3cc2c(C)c1Cl. The second-order valence-corrected chi connectivity index (χ2v) is 4.54. The average Bonchev–Trinajstić information content (AvgIpc) is 2.63. The molecule has 5 heteroatoms. The van der Waals surface area contributed by atoms with E-state index in [0.717, 1.165) is 27.1 Å². The van der Waals surface area contributed by atoms with Crippen LogP contribution in [0.25, 0.3) is 22.1 Å². The maximum absolute atomic E-state index is 11.2. The molecule has 2 aromatic heterocycles. The number of nitrogens with zero attached hydrogens (tertiary/aromatic N) is 1. The van der Waals surface area contributed by atoms with E-state index in [1.807, 2.05) is 26.0 Å². The van der Waals surface area contributed by atoms with Crippen LogP contribution >= 0.6 is 11.6 Å². The lowest BCUT2D eigenvalue weighted by molar-refractivity contribution is 1.20. The van der Waals surface area contributed by atoms with Gasteiger partial charge in [-0.15, -0.1) is 0 Å². The summed E-state index contributed by atoms with van der Waals surface area (Å²) in [5, 5.41) is 1.71. The Morgan fingerprint density at radius 2 is 2.00 bits per heavy atom. The van der Waals surface area contributed by atoms with Gasteiger partial charge in [-0.05, 0) is 37.1 Å². The topological polar surface area (TPSA) is 61.5 Å². The number of hydrogen-bond acceptors (Lipinski definition) is 2. The normalized spacial score (nSPS) is 11.5. The predicted octanol–water partition coefficient (Wildman–Crippen LogP) is 2.67. The molecule has 0 saturated carbocycles. The summed E-state index contributed by atoms with van der Waals surface area (Å²) >= 11 is 6.21. The Morgan fingerprint density at radius 1 is 1.24 bits per heavy atom. The zero-order chi connectivity index (χ0) is 12.2. The number of aromatic nitrogens is 3. The molecule has 0 saturated heterocycles. The quantitative estimate of drug-likeness (QED) is 0.642. The molecule has 0 radical (unpaired) electrons. The van der Waals surface area contributed by atoms with Gasteiger partial charge in [0, 0.05) is 10.4 Å². The van der Waals surface area contributed by atoms with Gasteiger partial charge in [0.15, 0.2) is 5.65 Å². The number of fused-ring (bicyclic) bond motifs is 2. The lowest BCUT2D eigenvalue weighted by Crippen LogP contribution is -1.99. The molecule has 1 aromatic carbocycles. The smallest absolute Gasteiger partial charge is 0.304 e. The minimum atomic E-state index is -0.247. The van der Waals surface area contributed by atoms with Crippen LogP contribution in [0, 0.1) is 13.8 Å². The lowest BCUT2D eigenvalue weighted by atomic mass is 10.1. The van der Waals surface area contributed by atoms with Crippen LogP contribution in [0.15, 0.2) is 16.9 Å². The van der Waals surface area contributed by atoms with Crippen molar-refractivity contribution in [2.45, 2.75) is 13.8 Å². The molecule has 17 heavy (non-hydrogen) atoms. The van der Waals surface area contributed by atoms with E-state index >= 15 is 0 Å². The molecule has 0 aliphatic rings. The standard InChI is InChI=1S/C12H10ClN3O/c1-5-3-8-7(6(2)10(5)13)4-9-11(14-8)16-12(17)15-9/h3-4H,1-2H3,(H2,14,15,16,17). The van der Waals surface area contributed by atoms with Crippen LogP contribution in [0.2, 0.25) is 5.02 Å². The van der Waals surface area contributed by atoms with E-state index in [1.165, 1.54) is 0 Å². The van der Waals surface area contributed by atoms with Crippen LogP contribution < -0.4 is 5.69 Å². The van der Waals surface area contributed by atoms with Crippen LogP contribution in [-0.2, 0) is 0 Å². The second kappa shape index (κ2) is 3.34. The first-order valence-electron chi connectivity index (χ1n) is 5.25. The number of H-pyrrole nitrogens is 2. The van der Waals surface area contributed by atoms with Crippen molar-refractivity contribution < 1.29 is 0 Å². The molecule has 2 heterocycles.